The molecule has 0 bridgehead atoms. The molecule has 1 heterocycles. The number of carboxylic acids is 1. The number of aliphatic hydroxyl groups excluding tert-OH is 1. The first kappa shape index (κ1) is 16.2. The molecule has 5 nitrogen and oxygen atoms in total. The van der Waals surface area contributed by atoms with Crippen molar-refractivity contribution < 1.29 is 19.7 Å². The van der Waals surface area contributed by atoms with E-state index in [1.807, 2.05) is 54.6 Å². The Morgan fingerprint density at radius 2 is 1.77 bits per heavy atom. The van der Waals surface area contributed by atoms with Crippen LogP contribution in [-0.4, -0.2) is 21.2 Å². The van der Waals surface area contributed by atoms with Gasteiger partial charge in [-0.2, -0.15) is 0 Å². The highest BCUT2D eigenvalue weighted by atomic mass is 16.5. The summed E-state index contributed by atoms with van der Waals surface area (Å²) in [4.78, 5) is 14.2. The Balaban J connectivity index is 1.66. The Morgan fingerprint density at radius 3 is 2.54 bits per heavy atom. The number of fused-ring (bicyclic) bond motifs is 3. The van der Waals surface area contributed by atoms with E-state index in [2.05, 4.69) is 4.98 Å². The summed E-state index contributed by atoms with van der Waals surface area (Å²) in [6.07, 6.45) is -1.53. The van der Waals surface area contributed by atoms with Gasteiger partial charge in [0, 0.05) is 21.8 Å². The average Bonchev–Trinajstić information content (AvgIpc) is 3.03. The zero-order chi connectivity index (χ0) is 18.1. The number of H-pyrrole nitrogens is 1. The molecule has 26 heavy (non-hydrogen) atoms. The molecule has 0 aliphatic rings. The highest BCUT2D eigenvalue weighted by Gasteiger charge is 2.17. The predicted molar refractivity (Wildman–Crippen MR) is 99.2 cm³/mol. The fourth-order valence-corrected chi connectivity index (χ4v) is 3.04. The van der Waals surface area contributed by atoms with Gasteiger partial charge in [0.05, 0.1) is 0 Å². The van der Waals surface area contributed by atoms with Crippen LogP contribution < -0.4 is 4.74 Å². The van der Waals surface area contributed by atoms with Crippen LogP contribution in [0.2, 0.25) is 0 Å². The number of hydrogen-bond acceptors (Lipinski definition) is 3. The first-order chi connectivity index (χ1) is 12.6. The van der Waals surface area contributed by atoms with Gasteiger partial charge in [0.25, 0.3) is 0 Å². The summed E-state index contributed by atoms with van der Waals surface area (Å²) < 4.78 is 5.88. The van der Waals surface area contributed by atoms with Gasteiger partial charge in [0.1, 0.15) is 12.4 Å². The summed E-state index contributed by atoms with van der Waals surface area (Å²) >= 11 is 0. The Bertz CT molecular complexity index is 1090. The minimum atomic E-state index is -1.53. The molecule has 0 fully saturated rings. The smallest absolute Gasteiger partial charge is 0.337 e. The first-order valence-electron chi connectivity index (χ1n) is 8.25. The van der Waals surface area contributed by atoms with E-state index in [1.54, 1.807) is 12.1 Å². The van der Waals surface area contributed by atoms with Gasteiger partial charge in [-0.25, -0.2) is 4.79 Å². The molecule has 3 N–H and O–H groups in total. The highest BCUT2D eigenvalue weighted by molar-refractivity contribution is 6.08. The number of aromatic amines is 1. The second-order valence-corrected chi connectivity index (χ2v) is 6.15. The lowest BCUT2D eigenvalue weighted by Crippen LogP contribution is -2.10. The van der Waals surface area contributed by atoms with Crippen molar-refractivity contribution in [3.8, 4) is 5.75 Å². The third kappa shape index (κ3) is 3.00. The van der Waals surface area contributed by atoms with Gasteiger partial charge in [-0.3, -0.25) is 0 Å². The van der Waals surface area contributed by atoms with Crippen LogP contribution in [0.3, 0.4) is 0 Å². The maximum Gasteiger partial charge on any atom is 0.337 e. The lowest BCUT2D eigenvalue weighted by atomic mass is 10.1. The second-order valence-electron chi connectivity index (χ2n) is 6.15. The number of aliphatic hydroxyl groups is 1. The van der Waals surface area contributed by atoms with Crippen LogP contribution in [0.5, 0.6) is 5.75 Å². The molecule has 0 aliphatic carbocycles. The molecule has 0 radical (unpaired) electrons. The highest BCUT2D eigenvalue weighted by Crippen LogP contribution is 2.30. The first-order valence-corrected chi connectivity index (χ1v) is 8.25. The summed E-state index contributed by atoms with van der Waals surface area (Å²) in [5, 5.41) is 20.6. The summed E-state index contributed by atoms with van der Waals surface area (Å²) in [5.74, 6) is -0.506. The summed E-state index contributed by atoms with van der Waals surface area (Å²) in [6.45, 7) is 0.490. The molecule has 4 aromatic rings. The van der Waals surface area contributed by atoms with Crippen molar-refractivity contribution in [2.24, 2.45) is 0 Å². The third-order valence-electron chi connectivity index (χ3n) is 4.39. The molecular weight excluding hydrogens is 330 g/mol. The predicted octanol–water partition coefficient (Wildman–Crippen LogP) is 4.02. The van der Waals surface area contributed by atoms with E-state index >= 15 is 0 Å². The van der Waals surface area contributed by atoms with Crippen LogP contribution in [0.15, 0.2) is 66.7 Å². The molecule has 0 aliphatic heterocycles. The molecule has 4 rings (SSSR count). The number of aliphatic carboxylic acids is 1. The summed E-state index contributed by atoms with van der Waals surface area (Å²) in [6, 6.07) is 20.9. The number of ether oxygens (including phenoxy) is 1. The van der Waals surface area contributed by atoms with Crippen LogP contribution in [0.25, 0.3) is 21.8 Å². The average molecular weight is 347 g/mol. The number of benzene rings is 3. The largest absolute Gasteiger partial charge is 0.489 e. The number of carbonyl (C=O) groups is 1. The molecule has 0 saturated carbocycles. The summed E-state index contributed by atoms with van der Waals surface area (Å²) in [7, 11) is 0. The lowest BCUT2D eigenvalue weighted by molar-refractivity contribution is -0.146. The van der Waals surface area contributed by atoms with Crippen molar-refractivity contribution in [2.75, 3.05) is 0 Å². The van der Waals surface area contributed by atoms with Crippen molar-refractivity contribution in [1.82, 2.24) is 4.98 Å². The lowest BCUT2D eigenvalue weighted by Gasteiger charge is -2.06. The Kier molecular flexibility index (Phi) is 4.07. The molecule has 1 atom stereocenters. The quantitative estimate of drug-likeness (QED) is 0.509. The fraction of sp³-hybridized carbons (Fsp3) is 0.0952. The maximum absolute atomic E-state index is 11.0. The Hall–Kier alpha value is -3.31. The van der Waals surface area contributed by atoms with E-state index in [0.29, 0.717) is 12.2 Å². The molecule has 3 aromatic carbocycles. The van der Waals surface area contributed by atoms with Crippen LogP contribution in [-0.2, 0) is 11.4 Å². The van der Waals surface area contributed by atoms with Gasteiger partial charge in [-0.1, -0.05) is 42.5 Å². The third-order valence-corrected chi connectivity index (χ3v) is 4.39. The SMILES string of the molecule is O=C(O)C(O)c1ccc2c(c1)[nH]c1ccc(OCc3ccccc3)cc12. The molecule has 1 aromatic heterocycles. The van der Waals surface area contributed by atoms with E-state index in [4.69, 9.17) is 9.84 Å². The zero-order valence-electron chi connectivity index (χ0n) is 13.8. The standard InChI is InChI=1S/C21H17NO4/c23-20(21(24)25)14-6-8-16-17-11-15(7-9-18(17)22-19(16)10-14)26-12-13-4-2-1-3-5-13/h1-11,20,22-23H,12H2,(H,24,25). The zero-order valence-corrected chi connectivity index (χ0v) is 13.8. The van der Waals surface area contributed by atoms with Gasteiger partial charge in [0.2, 0.25) is 0 Å². The minimum Gasteiger partial charge on any atom is -0.489 e. The minimum absolute atomic E-state index is 0.345. The van der Waals surface area contributed by atoms with Crippen molar-refractivity contribution in [1.29, 1.82) is 0 Å². The van der Waals surface area contributed by atoms with Crippen LogP contribution in [0.4, 0.5) is 0 Å². The van der Waals surface area contributed by atoms with E-state index in [0.717, 1.165) is 33.1 Å². The van der Waals surface area contributed by atoms with Crippen LogP contribution in [0, 0.1) is 0 Å². The molecule has 130 valence electrons. The Labute approximate surface area is 149 Å². The molecular formula is C21H17NO4. The van der Waals surface area contributed by atoms with E-state index in [9.17, 15) is 9.90 Å². The van der Waals surface area contributed by atoms with Crippen molar-refractivity contribution in [3.63, 3.8) is 0 Å². The van der Waals surface area contributed by atoms with E-state index < -0.39 is 12.1 Å². The number of rotatable bonds is 5. The second kappa shape index (κ2) is 6.54. The molecule has 0 saturated heterocycles. The van der Waals surface area contributed by atoms with Crippen molar-refractivity contribution >= 4 is 27.8 Å². The number of carboxylic acid groups (broad SMARTS) is 1. The van der Waals surface area contributed by atoms with E-state index in [1.165, 1.54) is 0 Å². The maximum atomic E-state index is 11.0. The Morgan fingerprint density at radius 1 is 0.962 bits per heavy atom. The molecule has 5 heteroatoms. The topological polar surface area (TPSA) is 82.5 Å². The van der Waals surface area contributed by atoms with Gasteiger partial charge in [0.15, 0.2) is 6.10 Å². The van der Waals surface area contributed by atoms with Crippen molar-refractivity contribution in [2.45, 2.75) is 12.7 Å². The normalized spacial score (nSPS) is 12.3. The molecule has 1 unspecified atom stereocenters. The number of nitrogens with one attached hydrogen (secondary N) is 1. The molecule has 0 amide bonds. The summed E-state index contributed by atoms with van der Waals surface area (Å²) in [5.41, 5.74) is 3.14. The molecule has 0 spiro atoms. The van der Waals surface area contributed by atoms with Crippen molar-refractivity contribution in [3.05, 3.63) is 77.9 Å². The van der Waals surface area contributed by atoms with Crippen LogP contribution >= 0.6 is 0 Å². The van der Waals surface area contributed by atoms with Gasteiger partial charge in [-0.15, -0.1) is 0 Å². The monoisotopic (exact) mass is 347 g/mol. The number of aromatic nitrogens is 1. The van der Waals surface area contributed by atoms with E-state index in [-0.39, 0.29) is 0 Å². The van der Waals surface area contributed by atoms with Gasteiger partial charge in [-0.05, 0) is 35.4 Å². The van der Waals surface area contributed by atoms with Gasteiger partial charge < -0.3 is 19.9 Å². The fourth-order valence-electron chi connectivity index (χ4n) is 3.04. The van der Waals surface area contributed by atoms with Crippen LogP contribution in [0.1, 0.15) is 17.2 Å². The van der Waals surface area contributed by atoms with Gasteiger partial charge >= 0.3 is 5.97 Å². The number of hydrogen-bond donors (Lipinski definition) is 3.